The Morgan fingerprint density at radius 1 is 0.536 bits per heavy atom. The molecule has 2 aliphatic rings. The number of hydrogen-bond acceptors (Lipinski definition) is 15. The summed E-state index contributed by atoms with van der Waals surface area (Å²) in [5.41, 5.74) is 27.1. The SMILES string of the molecule is C.C.Cn1cc(-c2cnc(N)c(C(=O)N[C@H]3CCC[C@@H]3OCc3cccc(-c4cccc(O)c4)c3)c2)cn1.Cn1cc(-c2cnc(N)c(C(=O)N[C@H]3CCC[C@@H]3OCc3cccc(Br)c3)c2)cn1.Cn1cc(-c2cnc(N)c(C(=O)O)c2)cn1. The Labute approximate surface area is 496 Å². The van der Waals surface area contributed by atoms with Gasteiger partial charge in [-0.2, -0.15) is 15.3 Å². The van der Waals surface area contributed by atoms with Crippen LogP contribution in [0.15, 0.2) is 151 Å². The van der Waals surface area contributed by atoms with Gasteiger partial charge in [0.05, 0.1) is 67.2 Å². The number of carboxylic acid groups (broad SMARTS) is 1. The summed E-state index contributed by atoms with van der Waals surface area (Å²) >= 11 is 3.48. The number of carbonyl (C=O) groups is 3. The minimum absolute atomic E-state index is 0. The second kappa shape index (κ2) is 28.6. The van der Waals surface area contributed by atoms with Crippen LogP contribution < -0.4 is 27.8 Å². The third-order valence-corrected chi connectivity index (χ3v) is 14.5. The highest BCUT2D eigenvalue weighted by atomic mass is 79.9. The van der Waals surface area contributed by atoms with Crippen LogP contribution in [0.2, 0.25) is 0 Å². The van der Waals surface area contributed by atoms with Gasteiger partial charge in [-0.1, -0.05) is 73.2 Å². The molecule has 0 saturated heterocycles. The number of anilines is 3. The zero-order valence-electron chi connectivity index (χ0n) is 45.4. The quantitative estimate of drug-likeness (QED) is 0.0502. The number of nitrogens with two attached hydrogens (primary N) is 3. The first-order chi connectivity index (χ1) is 39.5. The standard InChI is InChI=1S/C28H29N5O3.C22H24BrN5O2.C10H10N4O2.2CH4/c1-33-16-22(15-31-33)21-13-24(27(29)30-14-21)28(35)32-25-9-4-10-26(25)36-17-18-5-2-6-19(11-18)20-7-3-8-23(34)12-20;1-28-12-16(11-26-28)15-9-18(21(24)25-10-15)22(29)27-19-6-3-7-20(19)30-13-14-4-2-5-17(23)8-14;1-14-5-7(4-13-14)6-2-8(10(15)16)9(11)12-3-6;;/h2-3,5-8,11-16,25-26,34H,4,9-10,17H2,1H3,(H2,29,30)(H,32,35);2,4-5,8-12,19-20H,3,6-7,13H2,1H3,(H2,24,25)(H,27,29);2-5H,1H3,(H2,11,12)(H,15,16);2*1H4/t25-,26-;19-,20-;;;/m00.../s1. The molecule has 10 N–H and O–H groups in total. The van der Waals surface area contributed by atoms with Crippen LogP contribution in [0.1, 0.15) is 95.6 Å². The van der Waals surface area contributed by atoms with Gasteiger partial charge in [0.2, 0.25) is 0 Å². The van der Waals surface area contributed by atoms with Crippen LogP contribution in [-0.4, -0.2) is 96.6 Å². The smallest absolute Gasteiger partial charge is 0.339 e. The van der Waals surface area contributed by atoms with E-state index in [1.807, 2.05) is 81.1 Å². The molecule has 11 rings (SSSR count). The maximum absolute atomic E-state index is 13.1. The van der Waals surface area contributed by atoms with Crippen molar-refractivity contribution in [3.8, 4) is 50.3 Å². The Morgan fingerprint density at radius 2 is 0.940 bits per heavy atom. The number of nitrogen functional groups attached to an aromatic ring is 3. The summed E-state index contributed by atoms with van der Waals surface area (Å²) in [6.07, 6.45) is 20.8. The van der Waals surface area contributed by atoms with E-state index in [4.69, 9.17) is 31.8 Å². The van der Waals surface area contributed by atoms with Crippen LogP contribution in [0, 0.1) is 0 Å². The van der Waals surface area contributed by atoms with E-state index < -0.39 is 5.97 Å². The molecule has 84 heavy (non-hydrogen) atoms. The Balaban J connectivity index is 0.000000191. The highest BCUT2D eigenvalue weighted by Crippen LogP contribution is 2.30. The average Bonchev–Trinajstić information content (AvgIpc) is 4.18. The Bertz CT molecular complexity index is 3710. The first-order valence-electron chi connectivity index (χ1n) is 26.5. The minimum atomic E-state index is -1.09. The van der Waals surface area contributed by atoms with E-state index in [1.54, 1.807) is 82.5 Å². The molecule has 3 aromatic carbocycles. The number of aromatic carboxylic acids is 1. The number of ether oxygens (including phenoxy) is 2. The number of carbonyl (C=O) groups excluding carboxylic acids is 2. The molecule has 2 amide bonds. The van der Waals surface area contributed by atoms with Gasteiger partial charge in [-0.15, -0.1) is 0 Å². The van der Waals surface area contributed by atoms with Crippen molar-refractivity contribution < 1.29 is 34.1 Å². The van der Waals surface area contributed by atoms with Crippen LogP contribution in [-0.2, 0) is 43.8 Å². The van der Waals surface area contributed by atoms with Gasteiger partial charge in [0.25, 0.3) is 11.8 Å². The summed E-state index contributed by atoms with van der Waals surface area (Å²) in [7, 11) is 5.47. The highest BCUT2D eigenvalue weighted by molar-refractivity contribution is 9.10. The molecule has 2 aliphatic carbocycles. The molecule has 6 heterocycles. The van der Waals surface area contributed by atoms with E-state index in [0.717, 1.165) is 93.1 Å². The van der Waals surface area contributed by atoms with Gasteiger partial charge in [0.1, 0.15) is 28.8 Å². The van der Waals surface area contributed by atoms with E-state index in [9.17, 15) is 19.5 Å². The highest BCUT2D eigenvalue weighted by Gasteiger charge is 2.32. The molecule has 438 valence electrons. The average molecular weight is 1200 g/mol. The monoisotopic (exact) mass is 1200 g/mol. The molecular formula is C62H71BrN14O7. The van der Waals surface area contributed by atoms with Crippen LogP contribution in [0.25, 0.3) is 44.5 Å². The summed E-state index contributed by atoms with van der Waals surface area (Å²) in [4.78, 5) is 49.2. The zero-order chi connectivity index (χ0) is 57.9. The van der Waals surface area contributed by atoms with Gasteiger partial charge in [0.15, 0.2) is 0 Å². The van der Waals surface area contributed by atoms with E-state index in [1.165, 1.54) is 12.3 Å². The molecule has 0 spiro atoms. The molecule has 6 aromatic heterocycles. The minimum Gasteiger partial charge on any atom is -0.508 e. The molecule has 4 atom stereocenters. The summed E-state index contributed by atoms with van der Waals surface area (Å²) in [5, 5.41) is 37.3. The second-order valence-electron chi connectivity index (χ2n) is 20.1. The molecule has 0 bridgehead atoms. The van der Waals surface area contributed by atoms with E-state index in [-0.39, 0.29) is 79.7 Å². The zero-order valence-corrected chi connectivity index (χ0v) is 47.0. The fraction of sp³-hybridized carbons (Fsp3) is 0.274. The van der Waals surface area contributed by atoms with Crippen molar-refractivity contribution in [1.82, 2.24) is 54.9 Å². The fourth-order valence-electron chi connectivity index (χ4n) is 9.78. The number of rotatable bonds is 15. The first kappa shape index (κ1) is 62.4. The molecule has 21 nitrogen and oxygen atoms in total. The number of hydrogen-bond donors (Lipinski definition) is 7. The van der Waals surface area contributed by atoms with Crippen LogP contribution in [0.4, 0.5) is 17.5 Å². The molecule has 0 aliphatic heterocycles. The van der Waals surface area contributed by atoms with Gasteiger partial charge >= 0.3 is 5.97 Å². The van der Waals surface area contributed by atoms with E-state index >= 15 is 0 Å². The number of aromatic hydroxyl groups is 1. The molecular weight excluding hydrogens is 1130 g/mol. The number of aromatic nitrogens is 9. The molecule has 2 saturated carbocycles. The molecule has 22 heteroatoms. The number of nitrogens with zero attached hydrogens (tertiary/aromatic N) is 9. The third-order valence-electron chi connectivity index (χ3n) is 14.1. The van der Waals surface area contributed by atoms with Crippen molar-refractivity contribution in [2.75, 3.05) is 17.2 Å². The van der Waals surface area contributed by atoms with Crippen LogP contribution in [0.5, 0.6) is 5.75 Å². The molecule has 2 fully saturated rings. The van der Waals surface area contributed by atoms with Gasteiger partial charge in [-0.3, -0.25) is 23.6 Å². The summed E-state index contributed by atoms with van der Waals surface area (Å²) < 4.78 is 18.4. The lowest BCUT2D eigenvalue weighted by Crippen LogP contribution is -2.41. The Hall–Kier alpha value is -9.25. The normalized spacial score (nSPS) is 16.0. The van der Waals surface area contributed by atoms with Crippen molar-refractivity contribution in [3.63, 3.8) is 0 Å². The number of aryl methyl sites for hydroxylation is 3. The third kappa shape index (κ3) is 16.1. The largest absolute Gasteiger partial charge is 0.508 e. The fourth-order valence-corrected chi connectivity index (χ4v) is 10.2. The number of phenolic OH excluding ortho intramolecular Hbond substituents is 1. The van der Waals surface area contributed by atoms with Crippen molar-refractivity contribution in [2.24, 2.45) is 21.1 Å². The number of pyridine rings is 3. The second-order valence-corrected chi connectivity index (χ2v) is 21.0. The van der Waals surface area contributed by atoms with Crippen molar-refractivity contribution in [2.45, 2.75) is 90.9 Å². The van der Waals surface area contributed by atoms with E-state index in [0.29, 0.717) is 29.9 Å². The first-order valence-corrected chi connectivity index (χ1v) is 27.3. The van der Waals surface area contributed by atoms with Crippen LogP contribution in [0.3, 0.4) is 0 Å². The lowest BCUT2D eigenvalue weighted by molar-refractivity contribution is 0.0272. The lowest BCUT2D eigenvalue weighted by atomic mass is 10.0. The maximum atomic E-state index is 13.1. The van der Waals surface area contributed by atoms with Gasteiger partial charge in [0, 0.05) is 96.2 Å². The Kier molecular flexibility index (Phi) is 21.3. The van der Waals surface area contributed by atoms with Gasteiger partial charge in [-0.05, 0) is 109 Å². The van der Waals surface area contributed by atoms with Crippen LogP contribution >= 0.6 is 15.9 Å². The van der Waals surface area contributed by atoms with Gasteiger partial charge < -0.3 is 47.5 Å². The number of nitrogens with one attached hydrogen (secondary N) is 2. The predicted molar refractivity (Wildman–Crippen MR) is 328 cm³/mol. The number of phenols is 1. The number of amides is 2. The number of carboxylic acids is 1. The summed E-state index contributed by atoms with van der Waals surface area (Å²) in [6.45, 7) is 0.945. The molecule has 0 radical (unpaired) electrons. The molecule has 0 unspecified atom stereocenters. The van der Waals surface area contributed by atoms with E-state index in [2.05, 4.69) is 62.9 Å². The summed E-state index contributed by atoms with van der Waals surface area (Å²) in [6, 6.07) is 28.2. The predicted octanol–water partition coefficient (Wildman–Crippen LogP) is 10.0. The van der Waals surface area contributed by atoms with Crippen molar-refractivity contribution in [3.05, 3.63) is 179 Å². The van der Waals surface area contributed by atoms with Crippen molar-refractivity contribution >= 4 is 51.2 Å². The molecule has 9 aromatic rings. The van der Waals surface area contributed by atoms with Gasteiger partial charge in [-0.25, -0.2) is 19.7 Å². The van der Waals surface area contributed by atoms with Crippen molar-refractivity contribution in [1.29, 1.82) is 0 Å². The Morgan fingerprint density at radius 3 is 1.36 bits per heavy atom. The lowest BCUT2D eigenvalue weighted by Gasteiger charge is -2.22. The topological polar surface area (TPSA) is 304 Å². The maximum Gasteiger partial charge on any atom is 0.339 e. The number of halogens is 1. The number of benzene rings is 3. The summed E-state index contributed by atoms with van der Waals surface area (Å²) in [5.74, 6) is -0.911.